The third-order valence-corrected chi connectivity index (χ3v) is 7.54. The number of carbonyl (C=O) groups is 1. The van der Waals surface area contributed by atoms with Gasteiger partial charge in [0.05, 0.1) is 16.5 Å². The van der Waals surface area contributed by atoms with Gasteiger partial charge < -0.3 is 14.4 Å². The molecule has 0 aliphatic carbocycles. The summed E-state index contributed by atoms with van der Waals surface area (Å²) in [5.41, 5.74) is 0.606. The Balaban J connectivity index is 1.63. The molecule has 2 heterocycles. The van der Waals surface area contributed by atoms with Crippen LogP contribution in [-0.2, 0) is 21.4 Å². The number of hydrogen-bond donors (Lipinski definition) is 1. The predicted octanol–water partition coefficient (Wildman–Crippen LogP) is 3.97. The van der Waals surface area contributed by atoms with Gasteiger partial charge in [0.1, 0.15) is 23.9 Å². The number of nitrogens with zero attached hydrogens (tertiary/aromatic N) is 2. The first-order valence-corrected chi connectivity index (χ1v) is 12.0. The van der Waals surface area contributed by atoms with Crippen LogP contribution in [0, 0.1) is 11.6 Å². The number of halogens is 2. The summed E-state index contributed by atoms with van der Waals surface area (Å²) in [5.74, 6) is -2.55. The molecule has 0 spiro atoms. The monoisotopic (exact) mass is 478 g/mol. The lowest BCUT2D eigenvalue weighted by molar-refractivity contribution is -0.137. The highest BCUT2D eigenvalue weighted by molar-refractivity contribution is 7.89. The molecule has 0 bridgehead atoms. The number of hydrogen-bond acceptors (Lipinski definition) is 4. The quantitative estimate of drug-likeness (QED) is 0.555. The van der Waals surface area contributed by atoms with Crippen molar-refractivity contribution in [3.63, 3.8) is 0 Å². The zero-order chi connectivity index (χ0) is 23.9. The Morgan fingerprint density at radius 2 is 1.91 bits per heavy atom. The molecule has 1 unspecified atom stereocenters. The molecular formula is C23H24F2N2O5S. The highest BCUT2D eigenvalue weighted by Crippen LogP contribution is 2.37. The standard InChI is InChI=1S/C23H24F2N2O5S/c1-14(2)32-17-3-5-18(6-4-17)33(30,31)27-8-7-15(11-27)19-12-26(13-22(28)29)21-10-16(24)9-20(25)23(19)21/h3-6,9-10,12,14-15H,7-8,11,13H2,1-2H3,(H,28,29). The van der Waals surface area contributed by atoms with E-state index in [-0.39, 0.29) is 40.9 Å². The summed E-state index contributed by atoms with van der Waals surface area (Å²) >= 11 is 0. The molecule has 1 fully saturated rings. The summed E-state index contributed by atoms with van der Waals surface area (Å²) in [6.45, 7) is 3.62. The van der Waals surface area contributed by atoms with Crippen molar-refractivity contribution in [2.75, 3.05) is 13.1 Å². The van der Waals surface area contributed by atoms with E-state index in [2.05, 4.69) is 0 Å². The van der Waals surface area contributed by atoms with Crippen LogP contribution in [0.3, 0.4) is 0 Å². The molecule has 0 radical (unpaired) electrons. The lowest BCUT2D eigenvalue weighted by Gasteiger charge is -2.17. The van der Waals surface area contributed by atoms with Gasteiger partial charge >= 0.3 is 5.97 Å². The molecule has 1 saturated heterocycles. The molecule has 1 aliphatic rings. The van der Waals surface area contributed by atoms with E-state index in [9.17, 15) is 27.1 Å². The van der Waals surface area contributed by atoms with E-state index >= 15 is 0 Å². The SMILES string of the molecule is CC(C)Oc1ccc(S(=O)(=O)N2CCC(c3cn(CC(=O)O)c4cc(F)cc(F)c34)C2)cc1. The molecule has 1 atom stereocenters. The average molecular weight is 479 g/mol. The Bertz CT molecular complexity index is 1300. The van der Waals surface area contributed by atoms with Crippen molar-refractivity contribution < 1.29 is 31.8 Å². The third-order valence-electron chi connectivity index (χ3n) is 5.66. The Hall–Kier alpha value is -2.98. The van der Waals surface area contributed by atoms with Crippen LogP contribution >= 0.6 is 0 Å². The van der Waals surface area contributed by atoms with Gasteiger partial charge in [0, 0.05) is 36.7 Å². The maximum Gasteiger partial charge on any atom is 0.323 e. The second-order valence-electron chi connectivity index (χ2n) is 8.37. The number of carboxylic acids is 1. The molecule has 1 aromatic heterocycles. The number of sulfonamides is 1. The van der Waals surface area contributed by atoms with Crippen LogP contribution < -0.4 is 4.74 Å². The van der Waals surface area contributed by atoms with Crippen molar-refractivity contribution >= 4 is 26.9 Å². The number of rotatable bonds is 7. The van der Waals surface area contributed by atoms with E-state index in [1.54, 1.807) is 12.1 Å². The minimum absolute atomic E-state index is 0.0380. The molecule has 0 saturated carbocycles. The van der Waals surface area contributed by atoms with Gasteiger partial charge in [-0.25, -0.2) is 17.2 Å². The molecular weight excluding hydrogens is 454 g/mol. The summed E-state index contributed by atoms with van der Waals surface area (Å²) in [5, 5.41) is 9.30. The van der Waals surface area contributed by atoms with E-state index in [0.717, 1.165) is 12.1 Å². The maximum atomic E-state index is 14.7. The predicted molar refractivity (Wildman–Crippen MR) is 118 cm³/mol. The Morgan fingerprint density at radius 1 is 1.21 bits per heavy atom. The van der Waals surface area contributed by atoms with Gasteiger partial charge in [-0.3, -0.25) is 4.79 Å². The second kappa shape index (κ2) is 8.75. The molecule has 1 aliphatic heterocycles. The third kappa shape index (κ3) is 4.58. The number of carboxylic acid groups (broad SMARTS) is 1. The molecule has 33 heavy (non-hydrogen) atoms. The summed E-state index contributed by atoms with van der Waals surface area (Å²) in [7, 11) is -3.78. The highest BCUT2D eigenvalue weighted by atomic mass is 32.2. The van der Waals surface area contributed by atoms with Crippen molar-refractivity contribution in [1.29, 1.82) is 0 Å². The number of ether oxygens (including phenoxy) is 1. The number of benzene rings is 2. The fourth-order valence-corrected chi connectivity index (χ4v) is 5.77. The molecule has 10 heteroatoms. The fraction of sp³-hybridized carbons (Fsp3) is 0.348. The van der Waals surface area contributed by atoms with Crippen LogP contribution in [0.15, 0.2) is 47.5 Å². The zero-order valence-corrected chi connectivity index (χ0v) is 19.0. The summed E-state index contributed by atoms with van der Waals surface area (Å²) in [6.07, 6.45) is 1.88. The van der Waals surface area contributed by atoms with Gasteiger partial charge in [-0.15, -0.1) is 0 Å². The van der Waals surface area contributed by atoms with E-state index in [1.165, 1.54) is 27.2 Å². The van der Waals surface area contributed by atoms with Gasteiger partial charge in [-0.05, 0) is 56.2 Å². The molecule has 2 aromatic carbocycles. The van der Waals surface area contributed by atoms with Gasteiger partial charge in [0.25, 0.3) is 0 Å². The van der Waals surface area contributed by atoms with E-state index in [0.29, 0.717) is 17.7 Å². The smallest absolute Gasteiger partial charge is 0.323 e. The van der Waals surface area contributed by atoms with Crippen molar-refractivity contribution in [1.82, 2.24) is 8.87 Å². The Kier molecular flexibility index (Phi) is 6.15. The maximum absolute atomic E-state index is 14.7. The minimum atomic E-state index is -3.78. The number of aromatic nitrogens is 1. The normalized spacial score (nSPS) is 17.2. The fourth-order valence-electron chi connectivity index (χ4n) is 4.27. The topological polar surface area (TPSA) is 88.8 Å². The van der Waals surface area contributed by atoms with Crippen LogP contribution in [0.5, 0.6) is 5.75 Å². The van der Waals surface area contributed by atoms with E-state index in [1.807, 2.05) is 13.8 Å². The van der Waals surface area contributed by atoms with Gasteiger partial charge in [0.2, 0.25) is 10.0 Å². The molecule has 1 N–H and O–H groups in total. The van der Waals surface area contributed by atoms with Crippen molar-refractivity contribution in [2.24, 2.45) is 0 Å². The van der Waals surface area contributed by atoms with Crippen molar-refractivity contribution in [3.05, 3.63) is 59.8 Å². The Labute approximate surface area is 190 Å². The lowest BCUT2D eigenvalue weighted by atomic mass is 9.97. The second-order valence-corrected chi connectivity index (χ2v) is 10.3. The van der Waals surface area contributed by atoms with Crippen molar-refractivity contribution in [2.45, 2.75) is 43.7 Å². The van der Waals surface area contributed by atoms with Gasteiger partial charge in [0.15, 0.2) is 0 Å². The summed E-state index contributed by atoms with van der Waals surface area (Å²) in [4.78, 5) is 11.4. The highest BCUT2D eigenvalue weighted by Gasteiger charge is 2.35. The minimum Gasteiger partial charge on any atom is -0.491 e. The first-order valence-electron chi connectivity index (χ1n) is 10.5. The summed E-state index contributed by atoms with van der Waals surface area (Å²) < 4.78 is 63.0. The van der Waals surface area contributed by atoms with E-state index < -0.39 is 34.2 Å². The van der Waals surface area contributed by atoms with E-state index in [4.69, 9.17) is 4.74 Å². The van der Waals surface area contributed by atoms with Crippen LogP contribution in [0.4, 0.5) is 8.78 Å². The van der Waals surface area contributed by atoms with Gasteiger partial charge in [-0.1, -0.05) is 0 Å². The van der Waals surface area contributed by atoms with Crippen LogP contribution in [-0.4, -0.2) is 47.6 Å². The molecule has 176 valence electrons. The first-order chi connectivity index (χ1) is 15.6. The zero-order valence-electron chi connectivity index (χ0n) is 18.2. The van der Waals surface area contributed by atoms with Crippen LogP contribution in [0.25, 0.3) is 10.9 Å². The first kappa shape index (κ1) is 23.2. The number of fused-ring (bicyclic) bond motifs is 1. The Morgan fingerprint density at radius 3 is 2.55 bits per heavy atom. The largest absolute Gasteiger partial charge is 0.491 e. The molecule has 0 amide bonds. The molecule has 7 nitrogen and oxygen atoms in total. The molecule has 4 rings (SSSR count). The van der Waals surface area contributed by atoms with Crippen LogP contribution in [0.1, 0.15) is 31.7 Å². The van der Waals surface area contributed by atoms with Gasteiger partial charge in [-0.2, -0.15) is 4.31 Å². The van der Waals surface area contributed by atoms with Crippen LogP contribution in [0.2, 0.25) is 0 Å². The lowest BCUT2D eigenvalue weighted by Crippen LogP contribution is -2.28. The molecule has 3 aromatic rings. The average Bonchev–Trinajstić information content (AvgIpc) is 3.34. The number of aliphatic carboxylic acids is 1. The summed E-state index contributed by atoms with van der Waals surface area (Å²) in [6, 6.07) is 8.02. The van der Waals surface area contributed by atoms with Crippen molar-refractivity contribution in [3.8, 4) is 5.75 Å².